The first-order valence-corrected chi connectivity index (χ1v) is 9.97. The molecule has 0 saturated carbocycles. The molecule has 0 unspecified atom stereocenters. The van der Waals surface area contributed by atoms with Crippen molar-refractivity contribution in [2.75, 3.05) is 26.2 Å². The highest BCUT2D eigenvalue weighted by Gasteiger charge is 2.31. The number of aromatic nitrogens is 3. The molecule has 1 aliphatic rings. The molecule has 2 amide bonds. The zero-order valence-corrected chi connectivity index (χ0v) is 17.2. The molecule has 1 aromatic carbocycles. The second-order valence-electron chi connectivity index (χ2n) is 7.41. The van der Waals surface area contributed by atoms with Gasteiger partial charge in [-0.2, -0.15) is 18.3 Å². The first-order chi connectivity index (χ1) is 15.3. The summed E-state index contributed by atoms with van der Waals surface area (Å²) < 4.78 is 39.6. The Morgan fingerprint density at radius 2 is 1.50 bits per heavy atom. The van der Waals surface area contributed by atoms with Crippen molar-refractivity contribution in [1.29, 1.82) is 0 Å². The van der Waals surface area contributed by atoms with Crippen LogP contribution in [-0.4, -0.2) is 62.6 Å². The summed E-state index contributed by atoms with van der Waals surface area (Å²) in [5.74, 6) is -0.129. The van der Waals surface area contributed by atoms with Crippen molar-refractivity contribution in [2.24, 2.45) is 0 Å². The molecule has 0 spiro atoms. The van der Waals surface area contributed by atoms with Crippen LogP contribution in [0.25, 0.3) is 5.82 Å². The monoisotopic (exact) mass is 443 g/mol. The van der Waals surface area contributed by atoms with Crippen LogP contribution in [0.4, 0.5) is 13.2 Å². The number of hydrogen-bond donors (Lipinski definition) is 0. The summed E-state index contributed by atoms with van der Waals surface area (Å²) in [7, 11) is 0. The van der Waals surface area contributed by atoms with Crippen LogP contribution in [0.3, 0.4) is 0 Å². The lowest BCUT2D eigenvalue weighted by Crippen LogP contribution is -2.50. The van der Waals surface area contributed by atoms with Gasteiger partial charge in [-0.15, -0.1) is 0 Å². The van der Waals surface area contributed by atoms with Crippen molar-refractivity contribution in [2.45, 2.75) is 13.1 Å². The van der Waals surface area contributed by atoms with Gasteiger partial charge in [0.1, 0.15) is 0 Å². The van der Waals surface area contributed by atoms with E-state index >= 15 is 0 Å². The molecule has 0 N–H and O–H groups in total. The van der Waals surface area contributed by atoms with E-state index in [-0.39, 0.29) is 17.6 Å². The summed E-state index contributed by atoms with van der Waals surface area (Å²) in [6.45, 7) is 3.23. The van der Waals surface area contributed by atoms with E-state index in [0.717, 1.165) is 12.3 Å². The Morgan fingerprint density at radius 3 is 2.06 bits per heavy atom. The highest BCUT2D eigenvalue weighted by atomic mass is 19.4. The highest BCUT2D eigenvalue weighted by Crippen LogP contribution is 2.29. The minimum atomic E-state index is -4.48. The molecule has 166 valence electrons. The smallest absolute Gasteiger partial charge is 0.335 e. The van der Waals surface area contributed by atoms with Gasteiger partial charge < -0.3 is 9.80 Å². The fraction of sp³-hybridized carbons (Fsp3) is 0.273. The van der Waals surface area contributed by atoms with E-state index in [1.165, 1.54) is 16.9 Å². The predicted molar refractivity (Wildman–Crippen MR) is 109 cm³/mol. The van der Waals surface area contributed by atoms with E-state index < -0.39 is 11.7 Å². The van der Waals surface area contributed by atoms with Gasteiger partial charge in [0.2, 0.25) is 0 Å². The van der Waals surface area contributed by atoms with E-state index in [9.17, 15) is 22.8 Å². The van der Waals surface area contributed by atoms with Gasteiger partial charge in [0.05, 0.1) is 23.0 Å². The number of hydrogen-bond acceptors (Lipinski definition) is 4. The van der Waals surface area contributed by atoms with Crippen molar-refractivity contribution < 1.29 is 22.8 Å². The quantitative estimate of drug-likeness (QED) is 0.624. The number of rotatable bonds is 3. The number of alkyl halides is 3. The summed E-state index contributed by atoms with van der Waals surface area (Å²) in [6.07, 6.45) is -2.35. The molecule has 1 aliphatic heterocycles. The maximum absolute atomic E-state index is 13.0. The van der Waals surface area contributed by atoms with Gasteiger partial charge in [0.15, 0.2) is 5.82 Å². The number of nitrogens with zero attached hydrogens (tertiary/aromatic N) is 5. The second kappa shape index (κ2) is 8.45. The van der Waals surface area contributed by atoms with Crippen LogP contribution in [0.5, 0.6) is 0 Å². The summed E-state index contributed by atoms with van der Waals surface area (Å²) in [4.78, 5) is 32.8. The van der Waals surface area contributed by atoms with E-state index in [4.69, 9.17) is 0 Å². The Labute approximate surface area is 182 Å². The van der Waals surface area contributed by atoms with Crippen molar-refractivity contribution >= 4 is 11.8 Å². The number of amides is 2. The van der Waals surface area contributed by atoms with Crippen molar-refractivity contribution in [3.05, 3.63) is 77.2 Å². The van der Waals surface area contributed by atoms with E-state index in [2.05, 4.69) is 10.1 Å². The maximum Gasteiger partial charge on any atom is 0.417 e. The molecule has 0 bridgehead atoms. The van der Waals surface area contributed by atoms with E-state index in [1.807, 2.05) is 6.07 Å². The molecule has 0 aliphatic carbocycles. The lowest BCUT2D eigenvalue weighted by atomic mass is 10.1. The lowest BCUT2D eigenvalue weighted by molar-refractivity contribution is -0.137. The first-order valence-electron chi connectivity index (χ1n) is 9.97. The van der Waals surface area contributed by atoms with Gasteiger partial charge >= 0.3 is 6.18 Å². The molecule has 1 saturated heterocycles. The lowest BCUT2D eigenvalue weighted by Gasteiger charge is -2.34. The van der Waals surface area contributed by atoms with Crippen LogP contribution in [0.1, 0.15) is 32.0 Å². The van der Waals surface area contributed by atoms with Gasteiger partial charge in [-0.3, -0.25) is 9.59 Å². The second-order valence-corrected chi connectivity index (χ2v) is 7.41. The fourth-order valence-corrected chi connectivity index (χ4v) is 3.58. The molecule has 0 radical (unpaired) electrons. The van der Waals surface area contributed by atoms with Gasteiger partial charge in [0.25, 0.3) is 11.8 Å². The van der Waals surface area contributed by atoms with Crippen molar-refractivity contribution in [3.8, 4) is 5.82 Å². The molecule has 3 aromatic rings. The van der Waals surface area contributed by atoms with Gasteiger partial charge in [-0.1, -0.05) is 18.2 Å². The highest BCUT2D eigenvalue weighted by molar-refractivity contribution is 5.96. The summed E-state index contributed by atoms with van der Waals surface area (Å²) in [6, 6.07) is 11.1. The third-order valence-corrected chi connectivity index (χ3v) is 5.41. The van der Waals surface area contributed by atoms with Gasteiger partial charge in [-0.05, 0) is 31.2 Å². The SMILES string of the molecule is Cc1c(C(=O)N2CCN(C(=O)c3ccccc3)CC2)cnn1-c1ccc(C(F)(F)F)cn1. The Morgan fingerprint density at radius 1 is 0.875 bits per heavy atom. The molecule has 32 heavy (non-hydrogen) atoms. The van der Waals surface area contributed by atoms with E-state index in [1.54, 1.807) is 41.0 Å². The number of benzene rings is 1. The molecule has 1 fully saturated rings. The van der Waals surface area contributed by atoms with Crippen molar-refractivity contribution in [1.82, 2.24) is 24.6 Å². The molecule has 2 aromatic heterocycles. The third kappa shape index (κ3) is 4.20. The zero-order chi connectivity index (χ0) is 22.9. The normalized spacial score (nSPS) is 14.5. The minimum Gasteiger partial charge on any atom is -0.335 e. The van der Waals surface area contributed by atoms with Crippen LogP contribution in [0.15, 0.2) is 54.9 Å². The van der Waals surface area contributed by atoms with Crippen LogP contribution >= 0.6 is 0 Å². The summed E-state index contributed by atoms with van der Waals surface area (Å²) >= 11 is 0. The molecule has 3 heterocycles. The standard InChI is InChI=1S/C22H20F3N5O2/c1-15-18(14-27-30(15)19-8-7-17(13-26-19)22(23,24)25)21(32)29-11-9-28(10-12-29)20(31)16-5-3-2-4-6-16/h2-8,13-14H,9-12H2,1H3. The molecule has 7 nitrogen and oxygen atoms in total. The Hall–Kier alpha value is -3.69. The van der Waals surface area contributed by atoms with Gasteiger partial charge in [0, 0.05) is 37.9 Å². The Bertz CT molecular complexity index is 1120. The largest absolute Gasteiger partial charge is 0.417 e. The van der Waals surface area contributed by atoms with Crippen LogP contribution in [0, 0.1) is 6.92 Å². The molecule has 4 rings (SSSR count). The number of halogens is 3. The molecular formula is C22H20F3N5O2. The summed E-state index contributed by atoms with van der Waals surface area (Å²) in [5, 5.41) is 4.14. The maximum atomic E-state index is 13.0. The zero-order valence-electron chi connectivity index (χ0n) is 17.2. The average Bonchev–Trinajstić information content (AvgIpc) is 3.19. The van der Waals surface area contributed by atoms with Crippen LogP contribution in [0.2, 0.25) is 0 Å². The number of carbonyl (C=O) groups excluding carboxylic acids is 2. The summed E-state index contributed by atoms with van der Waals surface area (Å²) in [5.41, 5.74) is 0.568. The van der Waals surface area contributed by atoms with Crippen molar-refractivity contribution in [3.63, 3.8) is 0 Å². The van der Waals surface area contributed by atoms with E-state index in [0.29, 0.717) is 43.0 Å². The molecular weight excluding hydrogens is 423 g/mol. The topological polar surface area (TPSA) is 71.3 Å². The number of carbonyl (C=O) groups is 2. The first kappa shape index (κ1) is 21.5. The Kier molecular flexibility index (Phi) is 5.68. The third-order valence-electron chi connectivity index (χ3n) is 5.41. The number of piperazine rings is 1. The molecule has 10 heteroatoms. The predicted octanol–water partition coefficient (Wildman–Crippen LogP) is 3.19. The van der Waals surface area contributed by atoms with Gasteiger partial charge in [-0.25, -0.2) is 9.67 Å². The van der Waals surface area contributed by atoms with Crippen LogP contribution in [-0.2, 0) is 6.18 Å². The fourth-order valence-electron chi connectivity index (χ4n) is 3.58. The number of pyridine rings is 1. The molecule has 0 atom stereocenters. The average molecular weight is 443 g/mol. The minimum absolute atomic E-state index is 0.0740. The Balaban J connectivity index is 1.44. The van der Waals surface area contributed by atoms with Crippen LogP contribution < -0.4 is 0 Å².